The molecule has 0 fully saturated rings. The Morgan fingerprint density at radius 1 is 0.733 bits per heavy atom. The first-order chi connectivity index (χ1) is 22.1. The summed E-state index contributed by atoms with van der Waals surface area (Å²) in [5, 5.41) is 2.31. The average molecular weight is 649 g/mol. The van der Waals surface area contributed by atoms with Gasteiger partial charge in [0.15, 0.2) is 0 Å². The molecule has 0 unspecified atom stereocenters. The Hall–Kier alpha value is -4.87. The summed E-state index contributed by atoms with van der Waals surface area (Å²) in [5.74, 6) is -0.174. The lowest BCUT2D eigenvalue weighted by atomic mass is 9.65. The van der Waals surface area contributed by atoms with Gasteiger partial charge in [0.25, 0.3) is 0 Å². The molecule has 1 amide bonds. The van der Waals surface area contributed by atoms with Crippen molar-refractivity contribution in [3.05, 3.63) is 171 Å². The molecule has 0 saturated carbocycles. The van der Waals surface area contributed by atoms with Crippen molar-refractivity contribution >= 4 is 49.3 Å². The van der Waals surface area contributed by atoms with Crippen molar-refractivity contribution in [2.45, 2.75) is 30.7 Å². The van der Waals surface area contributed by atoms with Crippen molar-refractivity contribution in [3.8, 4) is 0 Å². The standard InChI is InChI=1S/C40H30BrN3O/c1-24-28-16-8-10-18-31(28)42-37(24)34-35(26-14-6-3-7-15-26)40(36-29-21-20-27(41)22-32(29)43-38(34)36)30-17-9-11-19-33(30)44(39(40)45)23-25-12-4-2-5-13-25/h2-22,34-35,42-43H,23H2,1H3/t34-,35+,40+/m1/s1. The highest BCUT2D eigenvalue weighted by Gasteiger charge is 2.65. The van der Waals surface area contributed by atoms with Crippen LogP contribution >= 0.6 is 15.9 Å². The fourth-order valence-electron chi connectivity index (χ4n) is 8.39. The third-order valence-corrected chi connectivity index (χ3v) is 10.6. The summed E-state index contributed by atoms with van der Waals surface area (Å²) in [5.41, 5.74) is 10.1. The van der Waals surface area contributed by atoms with Crippen LogP contribution in [0.4, 0.5) is 5.69 Å². The fraction of sp³-hybridized carbons (Fsp3) is 0.125. The average Bonchev–Trinajstić information content (AvgIpc) is 3.76. The number of hydrogen-bond donors (Lipinski definition) is 2. The number of hydrogen-bond acceptors (Lipinski definition) is 1. The Labute approximate surface area is 269 Å². The number of H-pyrrole nitrogens is 2. The molecule has 7 aromatic rings. The molecule has 2 aliphatic rings. The highest BCUT2D eigenvalue weighted by atomic mass is 79.9. The number of halogens is 1. The molecule has 5 aromatic carbocycles. The molecule has 2 N–H and O–H groups in total. The van der Waals surface area contributed by atoms with Crippen LogP contribution in [0.3, 0.4) is 0 Å². The van der Waals surface area contributed by atoms with Gasteiger partial charge in [0.1, 0.15) is 5.41 Å². The zero-order valence-electron chi connectivity index (χ0n) is 24.7. The molecule has 2 aromatic heterocycles. The maximum atomic E-state index is 15.7. The molecule has 5 heteroatoms. The summed E-state index contributed by atoms with van der Waals surface area (Å²) < 4.78 is 1.01. The summed E-state index contributed by atoms with van der Waals surface area (Å²) in [6, 6.07) is 44.4. The third kappa shape index (κ3) is 3.62. The van der Waals surface area contributed by atoms with E-state index in [0.29, 0.717) is 6.54 Å². The van der Waals surface area contributed by atoms with Crippen molar-refractivity contribution < 1.29 is 4.79 Å². The minimum atomic E-state index is -0.942. The second-order valence-corrected chi connectivity index (χ2v) is 13.3. The second kappa shape index (κ2) is 9.82. The van der Waals surface area contributed by atoms with Gasteiger partial charge in [0.05, 0.1) is 6.54 Å². The van der Waals surface area contributed by atoms with Gasteiger partial charge >= 0.3 is 0 Å². The number of nitrogens with one attached hydrogen (secondary N) is 2. The zero-order chi connectivity index (χ0) is 30.3. The van der Waals surface area contributed by atoms with Gasteiger partial charge in [-0.1, -0.05) is 119 Å². The number of carbonyl (C=O) groups is 1. The van der Waals surface area contributed by atoms with Crippen molar-refractivity contribution in [2.24, 2.45) is 0 Å². The maximum Gasteiger partial charge on any atom is 0.243 e. The van der Waals surface area contributed by atoms with E-state index in [0.717, 1.165) is 60.2 Å². The number of aromatic amines is 2. The van der Waals surface area contributed by atoms with Crippen molar-refractivity contribution in [1.82, 2.24) is 9.97 Å². The first-order valence-corrected chi connectivity index (χ1v) is 16.3. The number of nitrogens with zero attached hydrogens (tertiary/aromatic N) is 1. The summed E-state index contributed by atoms with van der Waals surface area (Å²) in [6.45, 7) is 2.73. The van der Waals surface area contributed by atoms with Crippen LogP contribution in [-0.2, 0) is 16.8 Å². The zero-order valence-corrected chi connectivity index (χ0v) is 26.3. The number of para-hydroxylation sites is 2. The monoisotopic (exact) mass is 647 g/mol. The van der Waals surface area contributed by atoms with Crippen molar-refractivity contribution in [3.63, 3.8) is 0 Å². The van der Waals surface area contributed by atoms with Crippen LogP contribution in [0.2, 0.25) is 0 Å². The minimum absolute atomic E-state index is 0.116. The SMILES string of the molecule is Cc1c([C@@H]2c3[nH]c4cc(Br)ccc4c3[C@@]3(C(=O)N(Cc4ccccc4)c4ccccc43)[C@H]2c2ccccc2)[nH]c2ccccc12. The van der Waals surface area contributed by atoms with Gasteiger partial charge in [-0.05, 0) is 53.4 Å². The normalized spacial score (nSPS) is 20.4. The molecule has 0 saturated heterocycles. The van der Waals surface area contributed by atoms with Gasteiger partial charge in [-0.3, -0.25) is 4.79 Å². The lowest BCUT2D eigenvalue weighted by molar-refractivity contribution is -0.122. The van der Waals surface area contributed by atoms with Crippen LogP contribution in [0.1, 0.15) is 51.0 Å². The molecule has 9 rings (SSSR count). The lowest BCUT2D eigenvalue weighted by Crippen LogP contribution is -2.44. The van der Waals surface area contributed by atoms with Gasteiger partial charge in [0, 0.05) is 60.8 Å². The predicted molar refractivity (Wildman–Crippen MR) is 185 cm³/mol. The number of carbonyl (C=O) groups excluding carboxylic acids is 1. The lowest BCUT2D eigenvalue weighted by Gasteiger charge is -2.35. The van der Waals surface area contributed by atoms with Gasteiger partial charge in [-0.2, -0.15) is 0 Å². The number of aromatic nitrogens is 2. The van der Waals surface area contributed by atoms with Crippen LogP contribution in [0.5, 0.6) is 0 Å². The van der Waals surface area contributed by atoms with E-state index < -0.39 is 5.41 Å². The molecule has 45 heavy (non-hydrogen) atoms. The largest absolute Gasteiger partial charge is 0.358 e. The van der Waals surface area contributed by atoms with Gasteiger partial charge in [0.2, 0.25) is 5.91 Å². The van der Waals surface area contributed by atoms with Crippen molar-refractivity contribution in [2.75, 3.05) is 4.90 Å². The van der Waals surface area contributed by atoms with E-state index in [1.165, 1.54) is 10.9 Å². The van der Waals surface area contributed by atoms with E-state index in [4.69, 9.17) is 0 Å². The molecule has 218 valence electrons. The fourth-order valence-corrected chi connectivity index (χ4v) is 8.75. The molecule has 1 spiro atoms. The quantitative estimate of drug-likeness (QED) is 0.196. The van der Waals surface area contributed by atoms with Gasteiger partial charge in [-0.25, -0.2) is 0 Å². The first-order valence-electron chi connectivity index (χ1n) is 15.5. The molecule has 0 radical (unpaired) electrons. The summed E-state index contributed by atoms with van der Waals surface area (Å²) in [6.07, 6.45) is 0. The number of amides is 1. The van der Waals surface area contributed by atoms with Crippen LogP contribution in [-0.4, -0.2) is 15.9 Å². The van der Waals surface area contributed by atoms with E-state index >= 15 is 4.79 Å². The highest BCUT2D eigenvalue weighted by molar-refractivity contribution is 9.10. The van der Waals surface area contributed by atoms with Gasteiger partial charge < -0.3 is 14.9 Å². The van der Waals surface area contributed by atoms with Crippen LogP contribution < -0.4 is 4.90 Å². The van der Waals surface area contributed by atoms with E-state index in [9.17, 15) is 0 Å². The highest BCUT2D eigenvalue weighted by Crippen LogP contribution is 2.66. The molecule has 4 nitrogen and oxygen atoms in total. The Balaban J connectivity index is 1.40. The smallest absolute Gasteiger partial charge is 0.243 e. The topological polar surface area (TPSA) is 51.9 Å². The number of benzene rings is 5. The molecule has 1 aliphatic heterocycles. The molecular weight excluding hydrogens is 618 g/mol. The Morgan fingerprint density at radius 2 is 1.42 bits per heavy atom. The van der Waals surface area contributed by atoms with E-state index in [2.05, 4.69) is 142 Å². The summed E-state index contributed by atoms with van der Waals surface area (Å²) in [4.78, 5) is 25.4. The Morgan fingerprint density at radius 3 is 2.22 bits per heavy atom. The molecule has 1 aliphatic carbocycles. The number of rotatable bonds is 4. The second-order valence-electron chi connectivity index (χ2n) is 12.4. The van der Waals surface area contributed by atoms with Crippen LogP contribution in [0, 0.1) is 6.92 Å². The first kappa shape index (κ1) is 26.5. The number of fused-ring (bicyclic) bond motifs is 7. The van der Waals surface area contributed by atoms with Crippen LogP contribution in [0.15, 0.2) is 132 Å². The molecule has 3 heterocycles. The predicted octanol–water partition coefficient (Wildman–Crippen LogP) is 9.48. The van der Waals surface area contributed by atoms with Crippen molar-refractivity contribution in [1.29, 1.82) is 0 Å². The molecule has 3 atom stereocenters. The maximum absolute atomic E-state index is 15.7. The summed E-state index contributed by atoms with van der Waals surface area (Å²) >= 11 is 3.71. The summed E-state index contributed by atoms with van der Waals surface area (Å²) in [7, 11) is 0. The Bertz CT molecular complexity index is 2270. The van der Waals surface area contributed by atoms with Crippen LogP contribution in [0.25, 0.3) is 21.8 Å². The van der Waals surface area contributed by atoms with E-state index in [-0.39, 0.29) is 17.7 Å². The minimum Gasteiger partial charge on any atom is -0.358 e. The van der Waals surface area contributed by atoms with E-state index in [1.54, 1.807) is 0 Å². The molecular formula is C40H30BrN3O. The Kier molecular flexibility index (Phi) is 5.79. The third-order valence-electron chi connectivity index (χ3n) is 10.2. The number of anilines is 1. The van der Waals surface area contributed by atoms with E-state index in [1.807, 2.05) is 23.1 Å². The van der Waals surface area contributed by atoms with Gasteiger partial charge in [-0.15, -0.1) is 0 Å². The number of aryl methyl sites for hydroxylation is 1. The molecule has 0 bridgehead atoms.